The summed E-state index contributed by atoms with van der Waals surface area (Å²) in [6.07, 6.45) is 0. The molecule has 2 aromatic heterocycles. The van der Waals surface area contributed by atoms with Crippen LogP contribution in [-0.2, 0) is 4.79 Å². The Bertz CT molecular complexity index is 1350. The van der Waals surface area contributed by atoms with E-state index in [0.29, 0.717) is 19.5 Å². The summed E-state index contributed by atoms with van der Waals surface area (Å²) in [6.45, 7) is 3.94. The van der Waals surface area contributed by atoms with Gasteiger partial charge in [-0.1, -0.05) is 59.0 Å². The maximum absolute atomic E-state index is 12.6. The number of thiazole rings is 1. The minimum absolute atomic E-state index is 0.123. The van der Waals surface area contributed by atoms with Crippen molar-refractivity contribution in [1.82, 2.24) is 14.5 Å². The molecule has 1 amide bonds. The summed E-state index contributed by atoms with van der Waals surface area (Å²) in [5.41, 5.74) is 3.97. The van der Waals surface area contributed by atoms with Crippen LogP contribution in [0.3, 0.4) is 0 Å². The Morgan fingerprint density at radius 3 is 2.67 bits per heavy atom. The highest BCUT2D eigenvalue weighted by Gasteiger charge is 2.15. The van der Waals surface area contributed by atoms with Gasteiger partial charge in [0.2, 0.25) is 5.91 Å². The summed E-state index contributed by atoms with van der Waals surface area (Å²) >= 11 is 7.88. The highest BCUT2D eigenvalue weighted by atomic mass is 32.2. The summed E-state index contributed by atoms with van der Waals surface area (Å²) < 4.78 is 2.81. The Kier molecular flexibility index (Phi) is 5.85. The number of amides is 1. The topological polar surface area (TPSA) is 79.8 Å². The van der Waals surface area contributed by atoms with Crippen molar-refractivity contribution in [2.75, 3.05) is 11.1 Å². The van der Waals surface area contributed by atoms with Gasteiger partial charge in [0, 0.05) is 11.4 Å². The zero-order valence-corrected chi connectivity index (χ0v) is 18.7. The second kappa shape index (κ2) is 8.55. The molecule has 152 valence electrons. The normalized spacial score (nSPS) is 11.0. The SMILES string of the molecule is Cc1ccc(-n2c(=S)sc3c(=O)[nH]c(SCC(=O)Nc4ccccc4C)nc32)cc1. The molecule has 0 fully saturated rings. The van der Waals surface area contributed by atoms with Crippen LogP contribution in [0, 0.1) is 17.8 Å². The lowest BCUT2D eigenvalue weighted by atomic mass is 10.2. The van der Waals surface area contributed by atoms with Gasteiger partial charge in [0.25, 0.3) is 5.56 Å². The van der Waals surface area contributed by atoms with E-state index in [2.05, 4.69) is 15.3 Å². The van der Waals surface area contributed by atoms with E-state index in [1.807, 2.05) is 62.4 Å². The van der Waals surface area contributed by atoms with Crippen LogP contribution >= 0.6 is 35.3 Å². The number of nitrogens with zero attached hydrogens (tertiary/aromatic N) is 2. The van der Waals surface area contributed by atoms with Gasteiger partial charge in [-0.15, -0.1) is 0 Å². The number of para-hydroxylation sites is 1. The summed E-state index contributed by atoms with van der Waals surface area (Å²) in [6, 6.07) is 15.4. The van der Waals surface area contributed by atoms with E-state index < -0.39 is 0 Å². The molecule has 0 spiro atoms. The molecule has 0 unspecified atom stereocenters. The molecule has 30 heavy (non-hydrogen) atoms. The molecule has 4 aromatic rings. The van der Waals surface area contributed by atoms with Gasteiger partial charge >= 0.3 is 0 Å². The third-order valence-corrected chi connectivity index (χ3v) is 6.71. The Morgan fingerprint density at radius 2 is 1.93 bits per heavy atom. The Hall–Kier alpha value is -2.75. The van der Waals surface area contributed by atoms with E-state index >= 15 is 0 Å². The fourth-order valence-corrected chi connectivity index (χ4v) is 4.84. The molecular weight excluding hydrogens is 436 g/mol. The number of rotatable bonds is 5. The van der Waals surface area contributed by atoms with Gasteiger partial charge in [-0.25, -0.2) is 4.98 Å². The highest BCUT2D eigenvalue weighted by Crippen LogP contribution is 2.25. The maximum atomic E-state index is 12.6. The quantitative estimate of drug-likeness (QED) is 0.256. The summed E-state index contributed by atoms with van der Waals surface area (Å²) in [7, 11) is 0. The van der Waals surface area contributed by atoms with Crippen molar-refractivity contribution in [3.8, 4) is 5.69 Å². The largest absolute Gasteiger partial charge is 0.325 e. The number of hydrogen-bond acceptors (Lipinski definition) is 6. The summed E-state index contributed by atoms with van der Waals surface area (Å²) in [4.78, 5) is 32.2. The number of carbonyl (C=O) groups excluding carboxylic acids is 1. The number of thioether (sulfide) groups is 1. The van der Waals surface area contributed by atoms with Gasteiger partial charge in [-0.3, -0.25) is 14.2 Å². The van der Waals surface area contributed by atoms with Crippen molar-refractivity contribution in [3.05, 3.63) is 74.0 Å². The lowest BCUT2D eigenvalue weighted by Gasteiger charge is -2.08. The molecule has 6 nitrogen and oxygen atoms in total. The van der Waals surface area contributed by atoms with E-state index in [1.165, 1.54) is 23.1 Å². The molecule has 0 aliphatic carbocycles. The molecule has 9 heteroatoms. The van der Waals surface area contributed by atoms with Crippen LogP contribution in [-0.4, -0.2) is 26.2 Å². The number of fused-ring (bicyclic) bond motifs is 1. The van der Waals surface area contributed by atoms with Crippen molar-refractivity contribution in [3.63, 3.8) is 0 Å². The monoisotopic (exact) mass is 454 g/mol. The predicted molar refractivity (Wildman–Crippen MR) is 126 cm³/mol. The van der Waals surface area contributed by atoms with E-state index in [4.69, 9.17) is 12.2 Å². The van der Waals surface area contributed by atoms with Crippen molar-refractivity contribution in [1.29, 1.82) is 0 Å². The first kappa shape index (κ1) is 20.5. The molecule has 0 radical (unpaired) electrons. The van der Waals surface area contributed by atoms with Crippen LogP contribution in [0.1, 0.15) is 11.1 Å². The number of carbonyl (C=O) groups is 1. The molecule has 0 aliphatic rings. The number of anilines is 1. The van der Waals surface area contributed by atoms with Crippen LogP contribution in [0.2, 0.25) is 0 Å². The lowest BCUT2D eigenvalue weighted by molar-refractivity contribution is -0.113. The zero-order chi connectivity index (χ0) is 21.3. The first-order valence-corrected chi connectivity index (χ1v) is 11.3. The van der Waals surface area contributed by atoms with Crippen molar-refractivity contribution >= 4 is 57.3 Å². The van der Waals surface area contributed by atoms with Crippen LogP contribution in [0.4, 0.5) is 5.69 Å². The number of H-pyrrole nitrogens is 1. The average Bonchev–Trinajstić information content (AvgIpc) is 3.05. The first-order chi connectivity index (χ1) is 14.4. The number of aryl methyl sites for hydroxylation is 2. The molecule has 0 aliphatic heterocycles. The predicted octanol–water partition coefficient (Wildman–Crippen LogP) is 4.85. The number of aromatic nitrogens is 3. The second-order valence-corrected chi connectivity index (χ2v) is 9.32. The number of aromatic amines is 1. The van der Waals surface area contributed by atoms with Gasteiger partial charge in [-0.2, -0.15) is 0 Å². The van der Waals surface area contributed by atoms with Gasteiger partial charge in [0.1, 0.15) is 4.70 Å². The molecule has 2 N–H and O–H groups in total. The third kappa shape index (κ3) is 4.23. The van der Waals surface area contributed by atoms with Crippen molar-refractivity contribution < 1.29 is 4.79 Å². The summed E-state index contributed by atoms with van der Waals surface area (Å²) in [5.74, 6) is -0.0456. The van der Waals surface area contributed by atoms with E-state index in [9.17, 15) is 9.59 Å². The molecule has 4 rings (SSSR count). The fraction of sp³-hybridized carbons (Fsp3) is 0.143. The Morgan fingerprint density at radius 1 is 1.20 bits per heavy atom. The maximum Gasteiger partial charge on any atom is 0.271 e. The zero-order valence-electron chi connectivity index (χ0n) is 16.3. The molecule has 0 atom stereocenters. The minimum atomic E-state index is -0.260. The van der Waals surface area contributed by atoms with Gasteiger partial charge in [0.05, 0.1) is 5.75 Å². The number of benzene rings is 2. The highest BCUT2D eigenvalue weighted by molar-refractivity contribution is 7.99. The average molecular weight is 455 g/mol. The van der Waals surface area contributed by atoms with E-state index in [1.54, 1.807) is 4.57 Å². The summed E-state index contributed by atoms with van der Waals surface area (Å²) in [5, 5.41) is 3.26. The Balaban J connectivity index is 1.61. The lowest BCUT2D eigenvalue weighted by Crippen LogP contribution is -2.16. The van der Waals surface area contributed by atoms with Gasteiger partial charge in [0.15, 0.2) is 14.8 Å². The Labute approximate surface area is 186 Å². The van der Waals surface area contributed by atoms with Crippen LogP contribution < -0.4 is 10.9 Å². The fourth-order valence-electron chi connectivity index (χ4n) is 2.92. The molecule has 2 heterocycles. The number of nitrogens with one attached hydrogen (secondary N) is 2. The van der Waals surface area contributed by atoms with Gasteiger partial charge in [-0.05, 0) is 49.8 Å². The first-order valence-electron chi connectivity index (χ1n) is 9.13. The standard InChI is InChI=1S/C21H18N4O2S3/c1-12-7-9-14(10-8-12)25-18-17(30-21(25)28)19(27)24-20(23-18)29-11-16(26)22-15-6-4-3-5-13(15)2/h3-10H,11H2,1-2H3,(H,22,26)(H,23,24,27). The van der Waals surface area contributed by atoms with E-state index in [-0.39, 0.29) is 17.2 Å². The number of hydrogen-bond donors (Lipinski definition) is 2. The van der Waals surface area contributed by atoms with E-state index in [0.717, 1.165) is 22.5 Å². The molecule has 0 saturated heterocycles. The molecule has 0 saturated carbocycles. The third-order valence-electron chi connectivity index (χ3n) is 4.47. The van der Waals surface area contributed by atoms with Crippen molar-refractivity contribution in [2.24, 2.45) is 0 Å². The van der Waals surface area contributed by atoms with Crippen molar-refractivity contribution in [2.45, 2.75) is 19.0 Å². The second-order valence-electron chi connectivity index (χ2n) is 6.71. The van der Waals surface area contributed by atoms with Crippen LogP contribution in [0.5, 0.6) is 0 Å². The van der Waals surface area contributed by atoms with Crippen LogP contribution in [0.25, 0.3) is 16.0 Å². The molecule has 0 bridgehead atoms. The molecule has 2 aromatic carbocycles. The van der Waals surface area contributed by atoms with Gasteiger partial charge < -0.3 is 10.3 Å². The van der Waals surface area contributed by atoms with Crippen LogP contribution in [0.15, 0.2) is 58.5 Å². The minimum Gasteiger partial charge on any atom is -0.325 e. The molecular formula is C21H18N4O2S3. The smallest absolute Gasteiger partial charge is 0.271 e.